The van der Waals surface area contributed by atoms with Gasteiger partial charge in [0.2, 0.25) is 0 Å². The van der Waals surface area contributed by atoms with E-state index in [0.717, 1.165) is 27.8 Å². The van der Waals surface area contributed by atoms with Crippen molar-refractivity contribution in [3.63, 3.8) is 0 Å². The van der Waals surface area contributed by atoms with Gasteiger partial charge in [-0.15, -0.1) is 0 Å². The van der Waals surface area contributed by atoms with E-state index >= 15 is 0 Å². The summed E-state index contributed by atoms with van der Waals surface area (Å²) in [6.07, 6.45) is 5.79. The Labute approximate surface area is 206 Å². The molecule has 0 fully saturated rings. The van der Waals surface area contributed by atoms with E-state index in [2.05, 4.69) is 0 Å². The van der Waals surface area contributed by atoms with Gasteiger partial charge in [-0.25, -0.2) is 4.79 Å². The molecule has 0 amide bonds. The van der Waals surface area contributed by atoms with Crippen molar-refractivity contribution in [1.29, 1.82) is 0 Å². The maximum absolute atomic E-state index is 12.6. The van der Waals surface area contributed by atoms with Crippen molar-refractivity contribution in [3.8, 4) is 5.75 Å². The second kappa shape index (κ2) is 12.8. The Morgan fingerprint density at radius 3 is 2.26 bits per heavy atom. The lowest BCUT2D eigenvalue weighted by Gasteiger charge is -2.26. The topological polar surface area (TPSA) is 97.4 Å². The van der Waals surface area contributed by atoms with Gasteiger partial charge >= 0.3 is 17.9 Å². The summed E-state index contributed by atoms with van der Waals surface area (Å²) in [4.78, 5) is 36.6. The zero-order chi connectivity index (χ0) is 26.1. The van der Waals surface area contributed by atoms with Gasteiger partial charge in [-0.05, 0) is 73.1 Å². The molecule has 1 aromatic rings. The predicted octanol–water partition coefficient (Wildman–Crippen LogP) is 4.56. The van der Waals surface area contributed by atoms with Gasteiger partial charge in [-0.3, -0.25) is 9.59 Å². The van der Waals surface area contributed by atoms with Crippen molar-refractivity contribution < 1.29 is 38.1 Å². The molecule has 35 heavy (non-hydrogen) atoms. The third-order valence-electron chi connectivity index (χ3n) is 5.93. The van der Waals surface area contributed by atoms with Crippen molar-refractivity contribution in [2.45, 2.75) is 39.5 Å². The smallest absolute Gasteiger partial charge is 0.341 e. The van der Waals surface area contributed by atoms with Crippen LogP contribution in [-0.2, 0) is 28.5 Å². The molecule has 0 bridgehead atoms. The van der Waals surface area contributed by atoms with Gasteiger partial charge in [-0.1, -0.05) is 12.2 Å². The third kappa shape index (κ3) is 6.53. The van der Waals surface area contributed by atoms with Crippen molar-refractivity contribution in [3.05, 3.63) is 57.9 Å². The lowest BCUT2D eigenvalue weighted by atomic mass is 9.82. The number of hydrogen-bond donors (Lipinski definition) is 0. The summed E-state index contributed by atoms with van der Waals surface area (Å²) in [5, 5.41) is 0. The zero-order valence-electron chi connectivity index (χ0n) is 21.5. The minimum atomic E-state index is -0.595. The van der Waals surface area contributed by atoms with E-state index in [9.17, 15) is 14.4 Å². The average Bonchev–Trinajstić information content (AvgIpc) is 2.86. The molecule has 0 saturated heterocycles. The van der Waals surface area contributed by atoms with Gasteiger partial charge in [0.05, 0.1) is 35.5 Å². The summed E-state index contributed by atoms with van der Waals surface area (Å²) in [6.45, 7) is 3.73. The standard InChI is InChI=1S/C27H34O8/c1-16-12-18(14-21(24(16)32-4)26(29)34-6)20(10-8-9-11-23(28)31-3)19-13-17(2)25(33-5)22(15-19)27(30)35-7/h10,12-14,22H,8-9,11,15H2,1-7H3/b20-10-/t22-/m0/s1. The van der Waals surface area contributed by atoms with Crippen LogP contribution in [0.3, 0.4) is 0 Å². The Balaban J connectivity index is 2.64. The molecule has 2 rings (SSSR count). The largest absolute Gasteiger partial charge is 0.500 e. The van der Waals surface area contributed by atoms with E-state index in [1.165, 1.54) is 35.5 Å². The van der Waals surface area contributed by atoms with Gasteiger partial charge < -0.3 is 23.7 Å². The molecule has 0 unspecified atom stereocenters. The number of benzene rings is 1. The molecule has 190 valence electrons. The molecule has 0 radical (unpaired) electrons. The maximum Gasteiger partial charge on any atom is 0.341 e. The Morgan fingerprint density at radius 1 is 0.971 bits per heavy atom. The molecule has 0 spiro atoms. The molecule has 1 atom stereocenters. The Morgan fingerprint density at radius 2 is 1.69 bits per heavy atom. The second-order valence-corrected chi connectivity index (χ2v) is 8.15. The maximum atomic E-state index is 12.6. The first-order valence-electron chi connectivity index (χ1n) is 11.3. The number of ether oxygens (including phenoxy) is 5. The van der Waals surface area contributed by atoms with E-state index in [0.29, 0.717) is 36.3 Å². The van der Waals surface area contributed by atoms with Crippen molar-refractivity contribution in [1.82, 2.24) is 0 Å². The van der Waals surface area contributed by atoms with Crippen LogP contribution >= 0.6 is 0 Å². The molecule has 0 aliphatic heterocycles. The number of carbonyl (C=O) groups excluding carboxylic acids is 3. The molecule has 0 heterocycles. The highest BCUT2D eigenvalue weighted by atomic mass is 16.5. The molecule has 8 heteroatoms. The summed E-state index contributed by atoms with van der Waals surface area (Å²) in [5.74, 6) is -0.778. The number of aryl methyl sites for hydroxylation is 1. The molecule has 1 aliphatic carbocycles. The first-order chi connectivity index (χ1) is 16.7. The van der Waals surface area contributed by atoms with Crippen molar-refractivity contribution in [2.75, 3.05) is 35.5 Å². The van der Waals surface area contributed by atoms with E-state index in [1.807, 2.05) is 32.1 Å². The number of unbranched alkanes of at least 4 members (excludes halogenated alkanes) is 1. The van der Waals surface area contributed by atoms with Crippen LogP contribution in [0.15, 0.2) is 41.2 Å². The highest BCUT2D eigenvalue weighted by Gasteiger charge is 2.32. The fraction of sp³-hybridized carbons (Fsp3) is 0.444. The summed E-state index contributed by atoms with van der Waals surface area (Å²) in [7, 11) is 7.07. The summed E-state index contributed by atoms with van der Waals surface area (Å²) < 4.78 is 25.7. The van der Waals surface area contributed by atoms with Gasteiger partial charge in [0.1, 0.15) is 23.0 Å². The van der Waals surface area contributed by atoms with E-state index < -0.39 is 17.9 Å². The van der Waals surface area contributed by atoms with Gasteiger partial charge in [0.25, 0.3) is 0 Å². The number of hydrogen-bond acceptors (Lipinski definition) is 8. The molecule has 0 saturated carbocycles. The SMILES string of the molecule is COC(=O)CCC/C=C(\C1=CC(C)=C(OC)[C@@H](C(=O)OC)C1)c1cc(C)c(OC)c(C(=O)OC)c1. The number of rotatable bonds is 10. The fourth-order valence-corrected chi connectivity index (χ4v) is 4.29. The van der Waals surface area contributed by atoms with E-state index in [4.69, 9.17) is 23.7 Å². The highest BCUT2D eigenvalue weighted by molar-refractivity contribution is 5.95. The predicted molar refractivity (Wildman–Crippen MR) is 131 cm³/mol. The fourth-order valence-electron chi connectivity index (χ4n) is 4.29. The number of carbonyl (C=O) groups is 3. The molecular formula is C27H34O8. The first-order valence-corrected chi connectivity index (χ1v) is 11.3. The van der Waals surface area contributed by atoms with Crippen LogP contribution < -0.4 is 4.74 Å². The molecule has 0 aromatic heterocycles. The molecule has 1 aliphatic rings. The van der Waals surface area contributed by atoms with Gasteiger partial charge in [-0.2, -0.15) is 0 Å². The monoisotopic (exact) mass is 486 g/mol. The van der Waals surface area contributed by atoms with Crippen LogP contribution in [0.25, 0.3) is 5.57 Å². The van der Waals surface area contributed by atoms with Crippen LogP contribution in [0.4, 0.5) is 0 Å². The van der Waals surface area contributed by atoms with Crippen LogP contribution in [0.2, 0.25) is 0 Å². The highest BCUT2D eigenvalue weighted by Crippen LogP contribution is 2.39. The van der Waals surface area contributed by atoms with Gasteiger partial charge in [0, 0.05) is 6.42 Å². The lowest BCUT2D eigenvalue weighted by molar-refractivity contribution is -0.145. The van der Waals surface area contributed by atoms with Crippen molar-refractivity contribution >= 4 is 23.5 Å². The molecular weight excluding hydrogens is 452 g/mol. The number of allylic oxidation sites excluding steroid dienone is 5. The Hall–Kier alpha value is -3.55. The third-order valence-corrected chi connectivity index (χ3v) is 5.93. The average molecular weight is 487 g/mol. The zero-order valence-corrected chi connectivity index (χ0v) is 21.5. The quantitative estimate of drug-likeness (QED) is 0.270. The number of esters is 3. The van der Waals surface area contributed by atoms with E-state index in [-0.39, 0.29) is 12.4 Å². The summed E-state index contributed by atoms with van der Waals surface area (Å²) in [5.41, 5.74) is 4.37. The van der Waals surface area contributed by atoms with Gasteiger partial charge in [0.15, 0.2) is 0 Å². The summed E-state index contributed by atoms with van der Waals surface area (Å²) >= 11 is 0. The minimum absolute atomic E-state index is 0.278. The Bertz CT molecular complexity index is 1060. The van der Waals surface area contributed by atoms with Crippen LogP contribution in [0.5, 0.6) is 5.75 Å². The van der Waals surface area contributed by atoms with Crippen LogP contribution in [0, 0.1) is 12.8 Å². The normalized spacial score (nSPS) is 15.8. The molecule has 0 N–H and O–H groups in total. The van der Waals surface area contributed by atoms with Crippen molar-refractivity contribution in [2.24, 2.45) is 5.92 Å². The second-order valence-electron chi connectivity index (χ2n) is 8.15. The lowest BCUT2D eigenvalue weighted by Crippen LogP contribution is -2.23. The summed E-state index contributed by atoms with van der Waals surface area (Å²) in [6, 6.07) is 3.65. The molecule has 1 aromatic carbocycles. The Kier molecular flexibility index (Phi) is 10.1. The van der Waals surface area contributed by atoms with Crippen LogP contribution in [-0.4, -0.2) is 53.5 Å². The first kappa shape index (κ1) is 27.7. The minimum Gasteiger partial charge on any atom is -0.500 e. The van der Waals surface area contributed by atoms with Crippen LogP contribution in [0.1, 0.15) is 54.1 Å². The van der Waals surface area contributed by atoms with E-state index in [1.54, 1.807) is 6.07 Å². The molecule has 8 nitrogen and oxygen atoms in total. The number of methoxy groups -OCH3 is 5.